The number of nitrogens with zero attached hydrogens (tertiary/aromatic N) is 3. The molecule has 3 aromatic rings. The summed E-state index contributed by atoms with van der Waals surface area (Å²) in [6, 6.07) is 8.50. The lowest BCUT2D eigenvalue weighted by atomic mass is 9.54. The van der Waals surface area contributed by atoms with Crippen LogP contribution in [0.3, 0.4) is 0 Å². The summed E-state index contributed by atoms with van der Waals surface area (Å²) in [6.45, 7) is 3.22. The first-order valence-electron chi connectivity index (χ1n) is 12.8. The van der Waals surface area contributed by atoms with Gasteiger partial charge in [0.2, 0.25) is 0 Å². The topological polar surface area (TPSA) is 127 Å². The maximum atomic E-state index is 13.3. The molecule has 4 aliphatic rings. The first kappa shape index (κ1) is 23.4. The summed E-state index contributed by atoms with van der Waals surface area (Å²) in [5.74, 6) is -0.298. The van der Waals surface area contributed by atoms with Crippen molar-refractivity contribution in [1.29, 1.82) is 0 Å². The first-order valence-corrected chi connectivity index (χ1v) is 12.8. The fraction of sp³-hybridized carbons (Fsp3) is 0.444. The van der Waals surface area contributed by atoms with Gasteiger partial charge in [0.1, 0.15) is 17.1 Å². The summed E-state index contributed by atoms with van der Waals surface area (Å²) in [5, 5.41) is 13.0. The molecule has 192 valence electrons. The number of benzene rings is 1. The highest BCUT2D eigenvalue weighted by Crippen LogP contribution is 2.56. The molecule has 7 rings (SSSR count). The Morgan fingerprint density at radius 1 is 1.05 bits per heavy atom. The molecular weight excluding hydrogens is 472 g/mol. The number of hydrogen-bond donors (Lipinski definition) is 3. The average Bonchev–Trinajstić information content (AvgIpc) is 3.39. The van der Waals surface area contributed by atoms with E-state index < -0.39 is 5.91 Å². The Bertz CT molecular complexity index is 1390. The summed E-state index contributed by atoms with van der Waals surface area (Å²) in [4.78, 5) is 42.3. The van der Waals surface area contributed by atoms with Gasteiger partial charge in [-0.2, -0.15) is 5.10 Å². The second-order valence-corrected chi connectivity index (χ2v) is 11.0. The number of ether oxygens (including phenoxy) is 1. The molecule has 3 N–H and O–H groups in total. The van der Waals surface area contributed by atoms with Gasteiger partial charge in [-0.3, -0.25) is 14.4 Å². The van der Waals surface area contributed by atoms with Crippen LogP contribution in [-0.2, 0) is 11.3 Å². The summed E-state index contributed by atoms with van der Waals surface area (Å²) >= 11 is 0. The third-order valence-corrected chi connectivity index (χ3v) is 8.36. The van der Waals surface area contributed by atoms with Gasteiger partial charge < -0.3 is 20.7 Å². The van der Waals surface area contributed by atoms with E-state index in [2.05, 4.69) is 33.0 Å². The van der Waals surface area contributed by atoms with Gasteiger partial charge in [0.05, 0.1) is 11.9 Å². The fourth-order valence-electron chi connectivity index (χ4n) is 5.78. The van der Waals surface area contributed by atoms with Crippen molar-refractivity contribution in [3.63, 3.8) is 0 Å². The lowest BCUT2D eigenvalue weighted by Gasteiger charge is -2.52. The number of carbonyl (C=O) groups is 3. The normalized spacial score (nSPS) is 24.2. The van der Waals surface area contributed by atoms with Crippen LogP contribution in [0.5, 0.6) is 5.75 Å². The third-order valence-electron chi connectivity index (χ3n) is 8.36. The number of nitrogens with one attached hydrogen (secondary N) is 3. The Balaban J connectivity index is 1.15. The van der Waals surface area contributed by atoms with Crippen LogP contribution in [0, 0.1) is 10.8 Å². The van der Waals surface area contributed by atoms with E-state index in [1.807, 2.05) is 6.07 Å². The van der Waals surface area contributed by atoms with Crippen LogP contribution in [0.4, 0.5) is 5.69 Å². The second kappa shape index (κ2) is 8.86. The molecule has 3 fully saturated rings. The molecule has 3 amide bonds. The zero-order chi connectivity index (χ0) is 25.6. The van der Waals surface area contributed by atoms with Gasteiger partial charge in [-0.25, -0.2) is 9.50 Å². The van der Waals surface area contributed by atoms with Crippen LogP contribution >= 0.6 is 0 Å². The Morgan fingerprint density at radius 3 is 2.62 bits per heavy atom. The largest absolute Gasteiger partial charge is 0.482 e. The SMILES string of the molecule is CC12CCC(CNC(=O)c3cc(C(=O)NCc4ccc5c(c4)NC(=O)CO5)nc4ccnn34)(CC1)CC2. The van der Waals surface area contributed by atoms with E-state index in [4.69, 9.17) is 4.74 Å². The highest BCUT2D eigenvalue weighted by Gasteiger charge is 2.46. The minimum absolute atomic E-state index is 0.0117. The third kappa shape index (κ3) is 4.52. The van der Waals surface area contributed by atoms with Crippen molar-refractivity contribution in [3.8, 4) is 5.75 Å². The molecule has 3 saturated carbocycles. The van der Waals surface area contributed by atoms with E-state index in [-0.39, 0.29) is 41.8 Å². The molecule has 1 aromatic carbocycles. The average molecular weight is 503 g/mol. The van der Waals surface area contributed by atoms with Crippen molar-refractivity contribution in [3.05, 3.63) is 53.5 Å². The first-order chi connectivity index (χ1) is 17.8. The Labute approximate surface area is 214 Å². The van der Waals surface area contributed by atoms with Crippen LogP contribution in [0.15, 0.2) is 36.5 Å². The van der Waals surface area contributed by atoms with Gasteiger partial charge >= 0.3 is 0 Å². The van der Waals surface area contributed by atoms with Crippen LogP contribution in [-0.4, -0.2) is 45.5 Å². The molecule has 3 aliphatic carbocycles. The number of aromatic nitrogens is 3. The van der Waals surface area contributed by atoms with Crippen molar-refractivity contribution in [2.45, 2.75) is 52.0 Å². The van der Waals surface area contributed by atoms with E-state index >= 15 is 0 Å². The quantitative estimate of drug-likeness (QED) is 0.476. The van der Waals surface area contributed by atoms with Gasteiger partial charge in [0.25, 0.3) is 17.7 Å². The van der Waals surface area contributed by atoms with Gasteiger partial charge in [-0.15, -0.1) is 0 Å². The zero-order valence-corrected chi connectivity index (χ0v) is 20.8. The van der Waals surface area contributed by atoms with E-state index in [1.165, 1.54) is 29.8 Å². The highest BCUT2D eigenvalue weighted by atomic mass is 16.5. The molecule has 3 heterocycles. The van der Waals surface area contributed by atoms with Crippen molar-refractivity contribution >= 4 is 29.1 Å². The summed E-state index contributed by atoms with van der Waals surface area (Å²) in [6.07, 6.45) is 8.64. The highest BCUT2D eigenvalue weighted by molar-refractivity contribution is 5.98. The van der Waals surface area contributed by atoms with Gasteiger partial charge in [0, 0.05) is 25.2 Å². The standard InChI is InChI=1S/C27H30N6O4/c1-26-5-8-27(9-6-26,10-7-26)16-29-25(36)20-13-19(31-22-4-11-30-33(20)22)24(35)28-14-17-2-3-21-18(12-17)32-23(34)15-37-21/h2-4,11-13H,5-10,14-16H2,1H3,(H,28,35)(H,29,36)(H,32,34). The maximum Gasteiger partial charge on any atom is 0.270 e. The predicted molar refractivity (Wildman–Crippen MR) is 135 cm³/mol. The minimum atomic E-state index is -0.409. The lowest BCUT2D eigenvalue weighted by Crippen LogP contribution is -2.46. The molecule has 10 nitrogen and oxygen atoms in total. The van der Waals surface area contributed by atoms with Crippen LogP contribution < -0.4 is 20.7 Å². The molecule has 0 atom stereocenters. The minimum Gasteiger partial charge on any atom is -0.482 e. The molecule has 1 aliphatic heterocycles. The van der Waals surface area contributed by atoms with E-state index in [0.717, 1.165) is 24.8 Å². The molecule has 0 spiro atoms. The second-order valence-electron chi connectivity index (χ2n) is 11.0. The lowest BCUT2D eigenvalue weighted by molar-refractivity contribution is -0.118. The van der Waals surface area contributed by atoms with Gasteiger partial charge in [0.15, 0.2) is 12.3 Å². The van der Waals surface area contributed by atoms with Crippen molar-refractivity contribution in [2.75, 3.05) is 18.5 Å². The maximum absolute atomic E-state index is 13.3. The van der Waals surface area contributed by atoms with E-state index in [0.29, 0.717) is 29.0 Å². The van der Waals surface area contributed by atoms with Crippen LogP contribution in [0.25, 0.3) is 5.65 Å². The Hall–Kier alpha value is -3.95. The van der Waals surface area contributed by atoms with E-state index in [1.54, 1.807) is 24.4 Å². The number of rotatable bonds is 6. The molecule has 37 heavy (non-hydrogen) atoms. The number of hydrogen-bond acceptors (Lipinski definition) is 6. The van der Waals surface area contributed by atoms with Crippen molar-refractivity contribution in [1.82, 2.24) is 25.2 Å². The Kier molecular flexibility index (Phi) is 5.62. The van der Waals surface area contributed by atoms with Crippen molar-refractivity contribution in [2.24, 2.45) is 10.8 Å². The fourth-order valence-corrected chi connectivity index (χ4v) is 5.78. The van der Waals surface area contributed by atoms with Crippen molar-refractivity contribution < 1.29 is 19.1 Å². The molecule has 10 heteroatoms. The van der Waals surface area contributed by atoms with Crippen LogP contribution in [0.2, 0.25) is 0 Å². The number of anilines is 1. The predicted octanol–water partition coefficient (Wildman–Crippen LogP) is 3.08. The smallest absolute Gasteiger partial charge is 0.270 e. The van der Waals surface area contributed by atoms with E-state index in [9.17, 15) is 14.4 Å². The van der Waals surface area contributed by atoms with Crippen LogP contribution in [0.1, 0.15) is 72.0 Å². The summed E-state index contributed by atoms with van der Waals surface area (Å²) in [7, 11) is 0. The molecule has 2 aromatic heterocycles. The molecule has 0 radical (unpaired) electrons. The van der Waals surface area contributed by atoms with Gasteiger partial charge in [-0.1, -0.05) is 13.0 Å². The number of amides is 3. The molecule has 0 saturated heterocycles. The number of fused-ring (bicyclic) bond motifs is 5. The van der Waals surface area contributed by atoms with Gasteiger partial charge in [-0.05, 0) is 67.1 Å². The molecule has 0 unspecified atom stereocenters. The number of carbonyl (C=O) groups excluding carboxylic acids is 3. The molecule has 2 bridgehead atoms. The Morgan fingerprint density at radius 2 is 1.84 bits per heavy atom. The summed E-state index contributed by atoms with van der Waals surface area (Å²) in [5.41, 5.74) is 2.84. The molecular formula is C27H30N6O4. The monoisotopic (exact) mass is 502 g/mol. The zero-order valence-electron chi connectivity index (χ0n) is 20.8. The summed E-state index contributed by atoms with van der Waals surface area (Å²) < 4.78 is 6.84.